The van der Waals surface area contributed by atoms with Crippen LogP contribution in [0.15, 0.2) is 0 Å². The molecule has 1 aliphatic carbocycles. The second kappa shape index (κ2) is 3.94. The molecule has 0 amide bonds. The Morgan fingerprint density at radius 3 is 2.13 bits per heavy atom. The maximum Gasteiger partial charge on any atom is 0.390 e. The van der Waals surface area contributed by atoms with E-state index in [1.807, 2.05) is 4.90 Å². The van der Waals surface area contributed by atoms with Crippen LogP contribution in [0.25, 0.3) is 0 Å². The highest BCUT2D eigenvalue weighted by Gasteiger charge is 2.40. The zero-order valence-electron chi connectivity index (χ0n) is 8.63. The molecular formula is C10H17F3N2. The summed E-state index contributed by atoms with van der Waals surface area (Å²) in [5.74, 6) is 0.856. The van der Waals surface area contributed by atoms with Crippen molar-refractivity contribution in [3.05, 3.63) is 0 Å². The van der Waals surface area contributed by atoms with Gasteiger partial charge in [-0.05, 0) is 24.7 Å². The highest BCUT2D eigenvalue weighted by Crippen LogP contribution is 2.36. The maximum atomic E-state index is 12.0. The van der Waals surface area contributed by atoms with Crippen molar-refractivity contribution >= 4 is 0 Å². The lowest BCUT2D eigenvalue weighted by atomic mass is 9.93. The van der Waals surface area contributed by atoms with Crippen LogP contribution in [0, 0.1) is 11.8 Å². The molecule has 88 valence electrons. The minimum absolute atomic E-state index is 0.142. The van der Waals surface area contributed by atoms with E-state index < -0.39 is 12.6 Å². The summed E-state index contributed by atoms with van der Waals surface area (Å²) in [6, 6.07) is 0.229. The second-order valence-corrected chi connectivity index (χ2v) is 4.80. The van der Waals surface area contributed by atoms with Gasteiger partial charge in [0.2, 0.25) is 0 Å². The van der Waals surface area contributed by atoms with Crippen LogP contribution in [0.4, 0.5) is 13.2 Å². The molecule has 1 saturated carbocycles. The van der Waals surface area contributed by atoms with E-state index in [2.05, 4.69) is 0 Å². The third-order valence-corrected chi connectivity index (χ3v) is 3.69. The molecule has 0 aromatic heterocycles. The number of rotatable bonds is 2. The van der Waals surface area contributed by atoms with Crippen LogP contribution >= 0.6 is 0 Å². The van der Waals surface area contributed by atoms with Crippen LogP contribution in [0.2, 0.25) is 0 Å². The Hall–Kier alpha value is -0.290. The maximum absolute atomic E-state index is 12.0. The van der Waals surface area contributed by atoms with Gasteiger partial charge in [-0.15, -0.1) is 0 Å². The lowest BCUT2D eigenvalue weighted by Gasteiger charge is -2.36. The molecule has 0 radical (unpaired) electrons. The molecule has 1 heterocycles. The number of piperidine rings is 1. The number of alkyl halides is 3. The number of fused-ring (bicyclic) bond motifs is 2. The summed E-state index contributed by atoms with van der Waals surface area (Å²) in [5.41, 5.74) is 5.98. The topological polar surface area (TPSA) is 29.3 Å². The quantitative estimate of drug-likeness (QED) is 0.769. The average Bonchev–Trinajstić information content (AvgIpc) is 2.39. The molecule has 2 N–H and O–H groups in total. The fourth-order valence-corrected chi connectivity index (χ4v) is 2.83. The predicted molar refractivity (Wildman–Crippen MR) is 51.3 cm³/mol. The van der Waals surface area contributed by atoms with Crippen molar-refractivity contribution in [2.24, 2.45) is 17.6 Å². The third kappa shape index (κ3) is 2.64. The van der Waals surface area contributed by atoms with Gasteiger partial charge in [-0.1, -0.05) is 0 Å². The first kappa shape index (κ1) is 11.2. The van der Waals surface area contributed by atoms with Crippen molar-refractivity contribution in [2.45, 2.75) is 31.5 Å². The number of likely N-dealkylation sites (tertiary alicyclic amines) is 1. The molecule has 3 atom stereocenters. The van der Waals surface area contributed by atoms with Gasteiger partial charge in [-0.2, -0.15) is 13.2 Å². The van der Waals surface area contributed by atoms with Crippen LogP contribution in [-0.2, 0) is 0 Å². The van der Waals surface area contributed by atoms with E-state index in [-0.39, 0.29) is 12.6 Å². The van der Waals surface area contributed by atoms with Gasteiger partial charge in [0.1, 0.15) is 0 Å². The number of hydrogen-bond acceptors (Lipinski definition) is 2. The SMILES string of the molecule is NC1[C@@H]2CC[C@H]1CN(CCC(F)(F)F)C2. The summed E-state index contributed by atoms with van der Waals surface area (Å²) in [7, 11) is 0. The number of nitrogens with two attached hydrogens (primary N) is 1. The summed E-state index contributed by atoms with van der Waals surface area (Å²) in [4.78, 5) is 1.93. The van der Waals surface area contributed by atoms with Crippen LogP contribution in [0.3, 0.4) is 0 Å². The lowest BCUT2D eigenvalue weighted by molar-refractivity contribution is -0.139. The predicted octanol–water partition coefficient (Wildman–Crippen LogP) is 1.61. The lowest BCUT2D eigenvalue weighted by Crippen LogP contribution is -2.49. The highest BCUT2D eigenvalue weighted by atomic mass is 19.4. The van der Waals surface area contributed by atoms with Crippen molar-refractivity contribution in [2.75, 3.05) is 19.6 Å². The van der Waals surface area contributed by atoms with Crippen LogP contribution in [0.1, 0.15) is 19.3 Å². The summed E-state index contributed by atoms with van der Waals surface area (Å²) < 4.78 is 36.1. The first-order valence-corrected chi connectivity index (χ1v) is 5.50. The van der Waals surface area contributed by atoms with Gasteiger partial charge in [0.15, 0.2) is 0 Å². The minimum atomic E-state index is -4.03. The third-order valence-electron chi connectivity index (χ3n) is 3.69. The Bertz CT molecular complexity index is 215. The summed E-state index contributed by atoms with van der Waals surface area (Å²) in [6.45, 7) is 1.66. The molecule has 2 aliphatic rings. The molecule has 2 bridgehead atoms. The van der Waals surface area contributed by atoms with E-state index in [9.17, 15) is 13.2 Å². The Balaban J connectivity index is 1.82. The summed E-state index contributed by atoms with van der Waals surface area (Å²) in [5, 5.41) is 0. The van der Waals surface area contributed by atoms with Crippen molar-refractivity contribution in [1.82, 2.24) is 4.90 Å². The minimum Gasteiger partial charge on any atom is -0.327 e. The van der Waals surface area contributed by atoms with Gasteiger partial charge < -0.3 is 10.6 Å². The Kier molecular flexibility index (Phi) is 2.94. The molecule has 0 aromatic rings. The van der Waals surface area contributed by atoms with Gasteiger partial charge in [-0.25, -0.2) is 0 Å². The fraction of sp³-hybridized carbons (Fsp3) is 1.00. The second-order valence-electron chi connectivity index (χ2n) is 4.80. The molecule has 2 fully saturated rings. The van der Waals surface area contributed by atoms with E-state index in [4.69, 9.17) is 5.73 Å². The Morgan fingerprint density at radius 1 is 1.13 bits per heavy atom. The first-order valence-electron chi connectivity index (χ1n) is 5.50. The molecule has 1 saturated heterocycles. The van der Waals surface area contributed by atoms with Gasteiger partial charge >= 0.3 is 6.18 Å². The molecule has 2 rings (SSSR count). The van der Waals surface area contributed by atoms with Crippen LogP contribution in [-0.4, -0.2) is 36.8 Å². The average molecular weight is 222 g/mol. The van der Waals surface area contributed by atoms with Gasteiger partial charge in [0.05, 0.1) is 6.42 Å². The smallest absolute Gasteiger partial charge is 0.327 e. The molecule has 15 heavy (non-hydrogen) atoms. The van der Waals surface area contributed by atoms with Crippen molar-refractivity contribution in [1.29, 1.82) is 0 Å². The number of nitrogens with zero attached hydrogens (tertiary/aromatic N) is 1. The van der Waals surface area contributed by atoms with Crippen LogP contribution in [0.5, 0.6) is 0 Å². The molecule has 1 unspecified atom stereocenters. The monoisotopic (exact) mass is 222 g/mol. The zero-order valence-corrected chi connectivity index (χ0v) is 8.63. The van der Waals surface area contributed by atoms with Crippen molar-refractivity contribution in [3.63, 3.8) is 0 Å². The van der Waals surface area contributed by atoms with Crippen molar-refractivity contribution < 1.29 is 13.2 Å². The van der Waals surface area contributed by atoms with E-state index in [1.165, 1.54) is 0 Å². The van der Waals surface area contributed by atoms with Gasteiger partial charge in [-0.3, -0.25) is 0 Å². The first-order chi connectivity index (χ1) is 6.96. The molecule has 2 nitrogen and oxygen atoms in total. The number of hydrogen-bond donors (Lipinski definition) is 1. The molecule has 5 heteroatoms. The molecule has 1 aliphatic heterocycles. The Labute approximate surface area is 87.6 Å². The summed E-state index contributed by atoms with van der Waals surface area (Å²) in [6.07, 6.45) is -2.54. The van der Waals surface area contributed by atoms with E-state index >= 15 is 0 Å². The van der Waals surface area contributed by atoms with E-state index in [0.29, 0.717) is 11.8 Å². The zero-order chi connectivity index (χ0) is 11.1. The van der Waals surface area contributed by atoms with Gasteiger partial charge in [0, 0.05) is 25.7 Å². The van der Waals surface area contributed by atoms with Gasteiger partial charge in [0.25, 0.3) is 0 Å². The largest absolute Gasteiger partial charge is 0.390 e. The van der Waals surface area contributed by atoms with E-state index in [1.54, 1.807) is 0 Å². The fourth-order valence-electron chi connectivity index (χ4n) is 2.83. The molecular weight excluding hydrogens is 205 g/mol. The van der Waals surface area contributed by atoms with Crippen molar-refractivity contribution in [3.8, 4) is 0 Å². The summed E-state index contributed by atoms with van der Waals surface area (Å²) >= 11 is 0. The van der Waals surface area contributed by atoms with E-state index in [0.717, 1.165) is 25.9 Å². The Morgan fingerprint density at radius 2 is 1.67 bits per heavy atom. The molecule has 0 aromatic carbocycles. The molecule has 0 spiro atoms. The number of halogens is 3. The normalized spacial score (nSPS) is 37.2. The highest BCUT2D eigenvalue weighted by molar-refractivity contribution is 4.95. The standard InChI is InChI=1S/C10H17F3N2/c11-10(12,13)3-4-15-5-7-1-2-8(6-15)9(7)14/h7-9H,1-6,14H2/t7-,8+,9?. The van der Waals surface area contributed by atoms with Crippen LogP contribution < -0.4 is 5.73 Å².